The molecule has 2 unspecified atom stereocenters. The molecule has 4 nitrogen and oxygen atoms in total. The number of amides is 1. The summed E-state index contributed by atoms with van der Waals surface area (Å²) in [4.78, 5) is 12.0. The van der Waals surface area contributed by atoms with Crippen LogP contribution in [0.25, 0.3) is 0 Å². The summed E-state index contributed by atoms with van der Waals surface area (Å²) in [6.45, 7) is 2.54. The second-order valence-corrected chi connectivity index (χ2v) is 5.44. The monoisotopic (exact) mass is 300 g/mol. The molecule has 0 radical (unpaired) electrons. The Morgan fingerprint density at radius 3 is 2.71 bits per heavy atom. The number of benzene rings is 1. The SMILES string of the molecule is O=C(NCC1C2CNCC21)c1cccc(OC(F)(F)F)c1. The lowest BCUT2D eigenvalue weighted by molar-refractivity contribution is -0.274. The van der Waals surface area contributed by atoms with E-state index in [9.17, 15) is 18.0 Å². The molecule has 3 rings (SSSR count). The highest BCUT2D eigenvalue weighted by molar-refractivity contribution is 5.94. The van der Waals surface area contributed by atoms with Gasteiger partial charge in [0.2, 0.25) is 0 Å². The number of fused-ring (bicyclic) bond motifs is 1. The van der Waals surface area contributed by atoms with Crippen LogP contribution >= 0.6 is 0 Å². The lowest BCUT2D eigenvalue weighted by atomic mass is 10.2. The molecule has 1 aromatic carbocycles. The Hall–Kier alpha value is -1.76. The van der Waals surface area contributed by atoms with Crippen LogP contribution in [0.3, 0.4) is 0 Å². The van der Waals surface area contributed by atoms with E-state index in [0.717, 1.165) is 19.2 Å². The number of carbonyl (C=O) groups excluding carboxylic acids is 1. The van der Waals surface area contributed by atoms with Gasteiger partial charge in [0.1, 0.15) is 5.75 Å². The largest absolute Gasteiger partial charge is 0.573 e. The molecule has 114 valence electrons. The molecule has 21 heavy (non-hydrogen) atoms. The van der Waals surface area contributed by atoms with E-state index in [2.05, 4.69) is 15.4 Å². The first-order chi connectivity index (χ1) is 9.94. The van der Waals surface area contributed by atoms with Gasteiger partial charge in [-0.1, -0.05) is 6.07 Å². The third kappa shape index (κ3) is 3.29. The molecular weight excluding hydrogens is 285 g/mol. The lowest BCUT2D eigenvalue weighted by Crippen LogP contribution is -2.28. The van der Waals surface area contributed by atoms with Gasteiger partial charge >= 0.3 is 6.36 Å². The fraction of sp³-hybridized carbons (Fsp3) is 0.500. The van der Waals surface area contributed by atoms with E-state index in [0.29, 0.717) is 24.3 Å². The number of hydrogen-bond acceptors (Lipinski definition) is 3. The van der Waals surface area contributed by atoms with Crippen LogP contribution in [0.2, 0.25) is 0 Å². The Morgan fingerprint density at radius 1 is 1.33 bits per heavy atom. The van der Waals surface area contributed by atoms with Crippen molar-refractivity contribution in [3.8, 4) is 5.75 Å². The van der Waals surface area contributed by atoms with Crippen molar-refractivity contribution in [2.45, 2.75) is 6.36 Å². The van der Waals surface area contributed by atoms with Crippen LogP contribution in [0.15, 0.2) is 24.3 Å². The maximum atomic E-state index is 12.1. The molecule has 1 saturated carbocycles. The molecule has 0 bridgehead atoms. The molecule has 0 aromatic heterocycles. The summed E-state index contributed by atoms with van der Waals surface area (Å²) in [7, 11) is 0. The summed E-state index contributed by atoms with van der Waals surface area (Å²) >= 11 is 0. The van der Waals surface area contributed by atoms with Crippen molar-refractivity contribution in [1.82, 2.24) is 10.6 Å². The molecule has 1 saturated heterocycles. The maximum absolute atomic E-state index is 12.1. The molecule has 1 aliphatic carbocycles. The highest BCUT2D eigenvalue weighted by Gasteiger charge is 2.52. The predicted molar refractivity (Wildman–Crippen MR) is 68.8 cm³/mol. The highest BCUT2D eigenvalue weighted by Crippen LogP contribution is 2.47. The summed E-state index contributed by atoms with van der Waals surface area (Å²) in [5.74, 6) is 0.989. The van der Waals surface area contributed by atoms with E-state index in [1.165, 1.54) is 18.2 Å². The number of rotatable bonds is 4. The minimum absolute atomic E-state index is 0.167. The zero-order chi connectivity index (χ0) is 15.0. The van der Waals surface area contributed by atoms with Gasteiger partial charge in [-0.3, -0.25) is 4.79 Å². The third-order valence-electron chi connectivity index (χ3n) is 4.10. The van der Waals surface area contributed by atoms with Gasteiger partial charge in [0, 0.05) is 12.1 Å². The van der Waals surface area contributed by atoms with Crippen LogP contribution in [0, 0.1) is 17.8 Å². The summed E-state index contributed by atoms with van der Waals surface area (Å²) in [6.07, 6.45) is -4.76. The zero-order valence-electron chi connectivity index (χ0n) is 11.1. The number of ether oxygens (including phenoxy) is 1. The van der Waals surface area contributed by atoms with Gasteiger partial charge in [0.15, 0.2) is 0 Å². The molecule has 1 heterocycles. The average Bonchev–Trinajstić information content (AvgIpc) is 2.84. The van der Waals surface area contributed by atoms with E-state index in [-0.39, 0.29) is 17.2 Å². The molecule has 2 atom stereocenters. The molecule has 0 spiro atoms. The van der Waals surface area contributed by atoms with Gasteiger partial charge in [-0.2, -0.15) is 0 Å². The zero-order valence-corrected chi connectivity index (χ0v) is 11.1. The standard InChI is InChI=1S/C14H15F3N2O2/c15-14(16,17)21-9-3-1-2-8(4-9)13(20)19-7-12-10-5-18-6-11(10)12/h1-4,10-12,18H,5-7H2,(H,19,20). The van der Waals surface area contributed by atoms with Crippen molar-refractivity contribution in [2.24, 2.45) is 17.8 Å². The smallest absolute Gasteiger partial charge is 0.406 e. The number of piperidine rings is 1. The number of alkyl halides is 3. The van der Waals surface area contributed by atoms with Gasteiger partial charge in [0.25, 0.3) is 5.91 Å². The summed E-state index contributed by atoms with van der Waals surface area (Å²) in [6, 6.07) is 5.10. The first-order valence-electron chi connectivity index (χ1n) is 6.79. The van der Waals surface area contributed by atoms with Crippen LogP contribution in [-0.2, 0) is 0 Å². The van der Waals surface area contributed by atoms with E-state index < -0.39 is 6.36 Å². The van der Waals surface area contributed by atoms with E-state index in [1.807, 2.05) is 0 Å². The van der Waals surface area contributed by atoms with Crippen molar-refractivity contribution in [3.05, 3.63) is 29.8 Å². The summed E-state index contributed by atoms with van der Waals surface area (Å²) < 4.78 is 40.2. The van der Waals surface area contributed by atoms with Gasteiger partial charge in [-0.05, 0) is 49.0 Å². The summed E-state index contributed by atoms with van der Waals surface area (Å²) in [5.41, 5.74) is 0.167. The van der Waals surface area contributed by atoms with E-state index >= 15 is 0 Å². The predicted octanol–water partition coefficient (Wildman–Crippen LogP) is 1.78. The first kappa shape index (κ1) is 14.2. The molecule has 1 amide bonds. The Labute approximate surface area is 119 Å². The second-order valence-electron chi connectivity index (χ2n) is 5.44. The van der Waals surface area contributed by atoms with Crippen LogP contribution in [0.5, 0.6) is 5.75 Å². The van der Waals surface area contributed by atoms with Crippen molar-refractivity contribution in [1.29, 1.82) is 0 Å². The van der Waals surface area contributed by atoms with Crippen molar-refractivity contribution >= 4 is 5.91 Å². The number of hydrogen-bond donors (Lipinski definition) is 2. The summed E-state index contributed by atoms with van der Waals surface area (Å²) in [5, 5.41) is 6.04. The first-order valence-corrected chi connectivity index (χ1v) is 6.79. The fourth-order valence-corrected chi connectivity index (χ4v) is 3.00. The molecule has 2 fully saturated rings. The topological polar surface area (TPSA) is 50.4 Å². The lowest BCUT2D eigenvalue weighted by Gasteiger charge is -2.10. The normalized spacial score (nSPS) is 27.1. The van der Waals surface area contributed by atoms with Gasteiger partial charge in [-0.25, -0.2) is 0 Å². The highest BCUT2D eigenvalue weighted by atomic mass is 19.4. The van der Waals surface area contributed by atoms with Gasteiger partial charge in [0.05, 0.1) is 0 Å². The molecule has 1 aliphatic heterocycles. The second kappa shape index (κ2) is 5.22. The van der Waals surface area contributed by atoms with Gasteiger partial charge in [-0.15, -0.1) is 13.2 Å². The number of carbonyl (C=O) groups is 1. The Bertz CT molecular complexity index is 537. The van der Waals surface area contributed by atoms with Crippen molar-refractivity contribution < 1.29 is 22.7 Å². The Morgan fingerprint density at radius 2 is 2.05 bits per heavy atom. The molecular formula is C14H15F3N2O2. The molecule has 7 heteroatoms. The van der Waals surface area contributed by atoms with E-state index in [4.69, 9.17) is 0 Å². The molecule has 2 N–H and O–H groups in total. The van der Waals surface area contributed by atoms with Crippen LogP contribution in [0.1, 0.15) is 10.4 Å². The van der Waals surface area contributed by atoms with Crippen LogP contribution < -0.4 is 15.4 Å². The Kier molecular flexibility index (Phi) is 3.52. The molecule has 2 aliphatic rings. The quantitative estimate of drug-likeness (QED) is 0.891. The van der Waals surface area contributed by atoms with Crippen LogP contribution in [0.4, 0.5) is 13.2 Å². The Balaban J connectivity index is 1.55. The minimum Gasteiger partial charge on any atom is -0.406 e. The van der Waals surface area contributed by atoms with Crippen LogP contribution in [-0.4, -0.2) is 31.9 Å². The number of halogens is 3. The van der Waals surface area contributed by atoms with Crippen molar-refractivity contribution in [3.63, 3.8) is 0 Å². The third-order valence-corrected chi connectivity index (χ3v) is 4.10. The number of nitrogens with one attached hydrogen (secondary N) is 2. The van der Waals surface area contributed by atoms with Crippen molar-refractivity contribution in [2.75, 3.05) is 19.6 Å². The van der Waals surface area contributed by atoms with E-state index in [1.54, 1.807) is 0 Å². The molecule has 1 aromatic rings. The maximum Gasteiger partial charge on any atom is 0.573 e. The minimum atomic E-state index is -4.76. The fourth-order valence-electron chi connectivity index (χ4n) is 3.00. The average molecular weight is 300 g/mol. The van der Waals surface area contributed by atoms with Gasteiger partial charge < -0.3 is 15.4 Å².